The van der Waals surface area contributed by atoms with Crippen molar-refractivity contribution in [3.05, 3.63) is 83.5 Å². The maximum atomic E-state index is 14.2. The molecule has 264 valence electrons. The third-order valence-electron chi connectivity index (χ3n) is 10.8. The summed E-state index contributed by atoms with van der Waals surface area (Å²) in [5.74, 6) is -2.53. The fraction of sp³-hybridized carbons (Fsp3) is 0.425. The second-order valence-corrected chi connectivity index (χ2v) is 13.9. The van der Waals surface area contributed by atoms with E-state index in [1.807, 2.05) is 45.9 Å². The van der Waals surface area contributed by atoms with Crippen molar-refractivity contribution < 1.29 is 29.0 Å². The van der Waals surface area contributed by atoms with Crippen molar-refractivity contribution in [3.8, 4) is 0 Å². The predicted molar refractivity (Wildman–Crippen MR) is 194 cm³/mol. The quantitative estimate of drug-likeness (QED) is 0.139. The summed E-state index contributed by atoms with van der Waals surface area (Å²) in [7, 11) is 1.30. The molecule has 4 atom stereocenters. The Hall–Kier alpha value is -4.99. The minimum atomic E-state index is -1.12. The van der Waals surface area contributed by atoms with Gasteiger partial charge >= 0.3 is 11.9 Å². The van der Waals surface area contributed by atoms with Crippen LogP contribution in [0, 0.1) is 31.6 Å². The van der Waals surface area contributed by atoms with Gasteiger partial charge in [-0.1, -0.05) is 26.3 Å². The van der Waals surface area contributed by atoms with Crippen molar-refractivity contribution in [2.45, 2.75) is 80.2 Å². The number of carbonyl (C=O) groups excluding carboxylic acids is 3. The SMILES string of the molecule is CCc1c2[nH]c(c1C)/C=C1\NC(C3=c4[nH]/c(c(C)c4C(=O)[C@@H]3C(=O)OC)=C\c3[nH]c(/c(=C\O)c3CC)=C\2)[C@@H](CCC(=O)OCC=C(C)C)[C@@H]1C. The van der Waals surface area contributed by atoms with E-state index in [4.69, 9.17) is 9.47 Å². The first-order valence-electron chi connectivity index (χ1n) is 17.6. The normalized spacial score (nSPS) is 23.4. The summed E-state index contributed by atoms with van der Waals surface area (Å²) in [6.45, 7) is 14.4. The van der Waals surface area contributed by atoms with Crippen molar-refractivity contribution in [2.24, 2.45) is 17.8 Å². The Morgan fingerprint density at radius 3 is 2.30 bits per heavy atom. The van der Waals surface area contributed by atoms with Crippen molar-refractivity contribution in [1.82, 2.24) is 20.3 Å². The van der Waals surface area contributed by atoms with E-state index in [1.165, 1.54) is 7.11 Å². The van der Waals surface area contributed by atoms with Gasteiger partial charge in [0, 0.05) is 51.2 Å². The molecule has 50 heavy (non-hydrogen) atoms. The van der Waals surface area contributed by atoms with E-state index < -0.39 is 17.9 Å². The highest BCUT2D eigenvalue weighted by molar-refractivity contribution is 6.19. The Labute approximate surface area is 291 Å². The van der Waals surface area contributed by atoms with E-state index in [0.29, 0.717) is 34.5 Å². The summed E-state index contributed by atoms with van der Waals surface area (Å²) in [5.41, 5.74) is 9.76. The van der Waals surface area contributed by atoms with Gasteiger partial charge in [-0.15, -0.1) is 0 Å². The number of ether oxygens (including phenoxy) is 2. The van der Waals surface area contributed by atoms with Gasteiger partial charge in [0.1, 0.15) is 12.5 Å². The lowest BCUT2D eigenvalue weighted by atomic mass is 9.80. The van der Waals surface area contributed by atoms with E-state index >= 15 is 0 Å². The zero-order chi connectivity index (χ0) is 36.0. The molecule has 1 unspecified atom stereocenters. The van der Waals surface area contributed by atoms with Crippen LogP contribution in [0.4, 0.5) is 0 Å². The zero-order valence-corrected chi connectivity index (χ0v) is 30.2. The van der Waals surface area contributed by atoms with Gasteiger partial charge in [-0.3, -0.25) is 14.4 Å². The first kappa shape index (κ1) is 34.9. The molecule has 10 nitrogen and oxygen atoms in total. The van der Waals surface area contributed by atoms with Gasteiger partial charge in [-0.25, -0.2) is 0 Å². The molecule has 1 fully saturated rings. The van der Waals surface area contributed by atoms with Gasteiger partial charge < -0.3 is 34.8 Å². The minimum absolute atomic E-state index is 0.0539. The molecular formula is C40H48N4O6. The third-order valence-corrected chi connectivity index (χ3v) is 10.8. The molecule has 10 heteroatoms. The monoisotopic (exact) mass is 680 g/mol. The second-order valence-electron chi connectivity index (χ2n) is 13.9. The number of nitrogens with one attached hydrogen (secondary N) is 4. The highest BCUT2D eigenvalue weighted by atomic mass is 16.5. The topological polar surface area (TPSA) is 149 Å². The molecule has 0 saturated carbocycles. The third kappa shape index (κ3) is 5.84. The number of fused-ring (bicyclic) bond motifs is 8. The fourth-order valence-electron chi connectivity index (χ4n) is 8.10. The molecule has 0 aromatic carbocycles. The smallest absolute Gasteiger partial charge is 0.320 e. The van der Waals surface area contributed by atoms with Crippen LogP contribution in [-0.4, -0.2) is 57.5 Å². The molecule has 5 N–H and O–H groups in total. The van der Waals surface area contributed by atoms with E-state index in [1.54, 1.807) is 0 Å². The molecule has 5 heterocycles. The number of allylic oxidation sites excluding steroid dienone is 2. The fourth-order valence-corrected chi connectivity index (χ4v) is 8.10. The Morgan fingerprint density at radius 1 is 0.940 bits per heavy atom. The summed E-state index contributed by atoms with van der Waals surface area (Å²) >= 11 is 0. The molecular weight excluding hydrogens is 632 g/mol. The maximum Gasteiger partial charge on any atom is 0.320 e. The molecule has 6 rings (SSSR count). The van der Waals surface area contributed by atoms with Gasteiger partial charge in [-0.05, 0) is 105 Å². The number of hydrogen-bond donors (Lipinski definition) is 5. The number of methoxy groups -OCH3 is 1. The van der Waals surface area contributed by atoms with Crippen LogP contribution >= 0.6 is 0 Å². The van der Waals surface area contributed by atoms with E-state index in [9.17, 15) is 19.5 Å². The molecule has 0 amide bonds. The molecule has 3 aromatic heterocycles. The average Bonchev–Trinajstić information content (AvgIpc) is 3.83. The van der Waals surface area contributed by atoms with Gasteiger partial charge in [0.05, 0.1) is 30.1 Å². The number of aliphatic hydroxyl groups excluding tert-OH is 1. The highest BCUT2D eigenvalue weighted by Gasteiger charge is 2.49. The Balaban J connectivity index is 1.63. The molecule has 0 radical (unpaired) electrons. The number of rotatable bonds is 8. The Morgan fingerprint density at radius 2 is 1.64 bits per heavy atom. The molecule has 2 aliphatic heterocycles. The van der Waals surface area contributed by atoms with Gasteiger partial charge in [0.25, 0.3) is 0 Å². The molecule has 3 aliphatic rings. The van der Waals surface area contributed by atoms with Crippen LogP contribution < -0.4 is 26.6 Å². The van der Waals surface area contributed by atoms with Crippen LogP contribution in [0.5, 0.6) is 0 Å². The van der Waals surface area contributed by atoms with Crippen molar-refractivity contribution in [1.29, 1.82) is 0 Å². The van der Waals surface area contributed by atoms with Gasteiger partial charge in [0.2, 0.25) is 0 Å². The van der Waals surface area contributed by atoms with Crippen LogP contribution in [-0.2, 0) is 31.9 Å². The van der Waals surface area contributed by atoms with Crippen LogP contribution in [0.2, 0.25) is 0 Å². The Bertz CT molecular complexity index is 2200. The van der Waals surface area contributed by atoms with Crippen molar-refractivity contribution in [2.75, 3.05) is 13.7 Å². The number of Topliss-reactive ketones (excluding diaryl/α,β-unsaturated/α-hetero) is 1. The lowest BCUT2D eigenvalue weighted by Crippen LogP contribution is -2.38. The largest absolute Gasteiger partial charge is 0.515 e. The molecule has 3 aromatic rings. The summed E-state index contributed by atoms with van der Waals surface area (Å²) in [4.78, 5) is 51.3. The van der Waals surface area contributed by atoms with Crippen LogP contribution in [0.15, 0.2) is 17.3 Å². The van der Waals surface area contributed by atoms with E-state index in [-0.39, 0.29) is 36.6 Å². The standard InChI is InChI=1S/C40H48N4O6/c1-9-23-20(5)27-15-28-21(6)25(11-12-33(46)50-14-13-19(3)4)37(43-28)35-36(40(48)49-8)39(47)34-22(7)29(44-38(34)35)16-31-24(10-2)26(18-45)32(42-31)17-30(23)41-27/h13,15-18,21,25,36-37,41-45H,9-12,14H2,1-8H3/b26-18-,28-15-,29-16-,32-17-/t21-,25-,36+,37?/m0/s1. The number of ketones is 1. The second kappa shape index (κ2) is 13.7. The molecule has 8 bridgehead atoms. The first-order valence-corrected chi connectivity index (χ1v) is 17.6. The number of H-pyrrole nitrogens is 3. The number of aromatic amines is 3. The average molecular weight is 681 g/mol. The zero-order valence-electron chi connectivity index (χ0n) is 30.2. The van der Waals surface area contributed by atoms with Crippen molar-refractivity contribution in [3.63, 3.8) is 0 Å². The molecule has 1 aliphatic carbocycles. The van der Waals surface area contributed by atoms with Crippen LogP contribution in [0.25, 0.3) is 30.1 Å². The van der Waals surface area contributed by atoms with Crippen LogP contribution in [0.3, 0.4) is 0 Å². The van der Waals surface area contributed by atoms with Gasteiger partial charge in [-0.2, -0.15) is 0 Å². The summed E-state index contributed by atoms with van der Waals surface area (Å²) in [5, 5.41) is 17.0. The van der Waals surface area contributed by atoms with Crippen LogP contribution in [0.1, 0.15) is 97.2 Å². The summed E-state index contributed by atoms with van der Waals surface area (Å²) in [6, 6.07) is -0.444. The molecule has 1 saturated heterocycles. The molecule has 0 spiro atoms. The van der Waals surface area contributed by atoms with Crippen molar-refractivity contribution >= 4 is 47.8 Å². The minimum Gasteiger partial charge on any atom is -0.515 e. The number of esters is 2. The number of aliphatic hydroxyl groups is 1. The first-order chi connectivity index (χ1) is 23.9. The van der Waals surface area contributed by atoms with E-state index in [2.05, 4.69) is 47.1 Å². The predicted octanol–water partition coefficient (Wildman–Crippen LogP) is 3.37. The highest BCUT2D eigenvalue weighted by Crippen LogP contribution is 2.42. The summed E-state index contributed by atoms with van der Waals surface area (Å²) in [6.07, 6.45) is 11.3. The number of carbonyl (C=O) groups is 3. The van der Waals surface area contributed by atoms with E-state index in [0.717, 1.165) is 74.0 Å². The van der Waals surface area contributed by atoms with Gasteiger partial charge in [0.15, 0.2) is 5.78 Å². The lowest BCUT2D eigenvalue weighted by Gasteiger charge is -2.25. The number of aromatic nitrogens is 3. The Kier molecular flexibility index (Phi) is 9.57. The summed E-state index contributed by atoms with van der Waals surface area (Å²) < 4.78 is 10.7. The maximum absolute atomic E-state index is 14.2. The lowest BCUT2D eigenvalue weighted by molar-refractivity contribution is -0.143. The number of hydrogen-bond acceptors (Lipinski definition) is 7.